The largest absolute Gasteiger partial charge is 0.380 e. The molecule has 0 spiro atoms. The SMILES string of the molecule is CC12C=CC=CC1=C1C(=C3c4ccccc4C=CC32C)C(F)(F)C(F)(F)C1(F)F. The van der Waals surface area contributed by atoms with Gasteiger partial charge in [-0.05, 0) is 22.3 Å². The Hall–Kier alpha value is -2.50. The fourth-order valence-electron chi connectivity index (χ4n) is 5.19. The molecule has 2 atom stereocenters. The summed E-state index contributed by atoms with van der Waals surface area (Å²) in [7, 11) is 0. The van der Waals surface area contributed by atoms with Gasteiger partial charge >= 0.3 is 17.8 Å². The minimum atomic E-state index is -5.53. The van der Waals surface area contributed by atoms with Crippen molar-refractivity contribution in [3.8, 4) is 0 Å². The average Bonchev–Trinajstić information content (AvgIpc) is 2.76. The van der Waals surface area contributed by atoms with E-state index in [1.54, 1.807) is 56.4 Å². The fourth-order valence-corrected chi connectivity index (χ4v) is 5.19. The van der Waals surface area contributed by atoms with E-state index >= 15 is 8.78 Å². The van der Waals surface area contributed by atoms with Crippen LogP contribution in [0.25, 0.3) is 11.6 Å². The molecule has 4 aliphatic rings. The second-order valence-corrected chi connectivity index (χ2v) is 8.31. The first-order valence-electron chi connectivity index (χ1n) is 9.20. The Morgan fingerprint density at radius 3 is 2.03 bits per heavy atom. The topological polar surface area (TPSA) is 0 Å². The quantitative estimate of drug-likeness (QED) is 0.414. The third-order valence-corrected chi connectivity index (χ3v) is 6.97. The standard InChI is InChI=1S/C23H16F6/c1-19-11-6-5-9-15(19)17-18(22(26,27)23(28,29)21(17,24)25)16-14-8-4-3-7-13(14)10-12-20(16,19)2/h3-12H,1-2H3. The third-order valence-electron chi connectivity index (χ3n) is 6.97. The van der Waals surface area contributed by atoms with Crippen LogP contribution in [0.2, 0.25) is 0 Å². The monoisotopic (exact) mass is 406 g/mol. The van der Waals surface area contributed by atoms with Crippen molar-refractivity contribution < 1.29 is 26.3 Å². The molecule has 0 amide bonds. The van der Waals surface area contributed by atoms with Gasteiger partial charge in [0.2, 0.25) is 0 Å². The normalized spacial score (nSPS) is 34.6. The lowest BCUT2D eigenvalue weighted by molar-refractivity contribution is -0.257. The number of hydrogen-bond acceptors (Lipinski definition) is 0. The maximum atomic E-state index is 15.1. The predicted octanol–water partition coefficient (Wildman–Crippen LogP) is 6.84. The van der Waals surface area contributed by atoms with Crippen molar-refractivity contribution in [3.63, 3.8) is 0 Å². The molecule has 2 unspecified atom stereocenters. The Kier molecular flexibility index (Phi) is 3.17. The molecule has 1 saturated carbocycles. The van der Waals surface area contributed by atoms with Crippen LogP contribution in [0.3, 0.4) is 0 Å². The second kappa shape index (κ2) is 4.97. The summed E-state index contributed by atoms with van der Waals surface area (Å²) in [5, 5.41) is 0. The highest BCUT2D eigenvalue weighted by Gasteiger charge is 2.83. The number of allylic oxidation sites excluding steroid dienone is 9. The summed E-state index contributed by atoms with van der Waals surface area (Å²) in [5.41, 5.74) is -4.42. The maximum Gasteiger partial charge on any atom is 0.380 e. The third kappa shape index (κ3) is 1.76. The van der Waals surface area contributed by atoms with Gasteiger partial charge in [-0.3, -0.25) is 0 Å². The lowest BCUT2D eigenvalue weighted by Gasteiger charge is -2.52. The van der Waals surface area contributed by atoms with Crippen molar-refractivity contribution in [1.29, 1.82) is 0 Å². The Morgan fingerprint density at radius 2 is 1.31 bits per heavy atom. The summed E-state index contributed by atoms with van der Waals surface area (Å²) >= 11 is 0. The van der Waals surface area contributed by atoms with Crippen molar-refractivity contribution in [3.05, 3.63) is 82.5 Å². The van der Waals surface area contributed by atoms with Gasteiger partial charge in [0, 0.05) is 22.0 Å². The molecule has 0 saturated heterocycles. The zero-order valence-corrected chi connectivity index (χ0v) is 15.5. The number of fused-ring (bicyclic) bond motifs is 6. The van der Waals surface area contributed by atoms with Crippen LogP contribution in [-0.4, -0.2) is 17.8 Å². The molecule has 1 fully saturated rings. The van der Waals surface area contributed by atoms with Crippen LogP contribution in [0.4, 0.5) is 26.3 Å². The van der Waals surface area contributed by atoms with Crippen LogP contribution in [0.1, 0.15) is 25.0 Å². The van der Waals surface area contributed by atoms with E-state index in [-0.39, 0.29) is 16.7 Å². The summed E-state index contributed by atoms with van der Waals surface area (Å²) < 4.78 is 89.1. The molecule has 0 aliphatic heterocycles. The first-order valence-corrected chi connectivity index (χ1v) is 9.20. The summed E-state index contributed by atoms with van der Waals surface area (Å²) in [5.74, 6) is -15.5. The summed E-state index contributed by atoms with van der Waals surface area (Å²) in [6.07, 6.45) is 9.36. The van der Waals surface area contributed by atoms with Crippen LogP contribution < -0.4 is 0 Å². The van der Waals surface area contributed by atoms with Crippen LogP contribution in [-0.2, 0) is 0 Å². The maximum absolute atomic E-state index is 15.1. The highest BCUT2D eigenvalue weighted by atomic mass is 19.3. The van der Waals surface area contributed by atoms with E-state index in [1.807, 2.05) is 0 Å². The average molecular weight is 406 g/mol. The van der Waals surface area contributed by atoms with Gasteiger partial charge in [-0.2, -0.15) is 26.3 Å². The first kappa shape index (κ1) is 18.5. The van der Waals surface area contributed by atoms with E-state index < -0.39 is 39.7 Å². The lowest BCUT2D eigenvalue weighted by Crippen LogP contribution is -2.47. The van der Waals surface area contributed by atoms with E-state index in [2.05, 4.69) is 0 Å². The number of benzene rings is 1. The smallest absolute Gasteiger partial charge is 0.194 e. The van der Waals surface area contributed by atoms with Gasteiger partial charge < -0.3 is 0 Å². The zero-order chi connectivity index (χ0) is 21.0. The second-order valence-electron chi connectivity index (χ2n) is 8.31. The van der Waals surface area contributed by atoms with E-state index in [1.165, 1.54) is 18.2 Å². The molecule has 0 N–H and O–H groups in total. The van der Waals surface area contributed by atoms with Crippen LogP contribution >= 0.6 is 0 Å². The zero-order valence-electron chi connectivity index (χ0n) is 15.5. The van der Waals surface area contributed by atoms with Gasteiger partial charge in [-0.15, -0.1) is 0 Å². The van der Waals surface area contributed by atoms with Gasteiger partial charge in [0.05, 0.1) is 0 Å². The van der Waals surface area contributed by atoms with Crippen molar-refractivity contribution in [2.45, 2.75) is 31.6 Å². The molecule has 0 aromatic heterocycles. The summed E-state index contributed by atoms with van der Waals surface area (Å²) in [6, 6.07) is 6.45. The summed E-state index contributed by atoms with van der Waals surface area (Å²) in [6.45, 7) is 3.28. The van der Waals surface area contributed by atoms with E-state index in [9.17, 15) is 17.6 Å². The van der Waals surface area contributed by atoms with Crippen LogP contribution in [0, 0.1) is 10.8 Å². The Balaban J connectivity index is 2.04. The van der Waals surface area contributed by atoms with Gasteiger partial charge in [-0.25, -0.2) is 0 Å². The number of rotatable bonds is 0. The molecule has 5 rings (SSSR count). The Morgan fingerprint density at radius 1 is 0.655 bits per heavy atom. The van der Waals surface area contributed by atoms with E-state index in [0.29, 0.717) is 5.56 Å². The minimum Gasteiger partial charge on any atom is -0.194 e. The molecule has 1 aromatic carbocycles. The molecule has 0 bridgehead atoms. The summed E-state index contributed by atoms with van der Waals surface area (Å²) in [4.78, 5) is 0. The fraction of sp³-hybridized carbons (Fsp3) is 0.304. The molecule has 150 valence electrons. The molecule has 29 heavy (non-hydrogen) atoms. The van der Waals surface area contributed by atoms with E-state index in [4.69, 9.17) is 0 Å². The van der Waals surface area contributed by atoms with E-state index in [0.717, 1.165) is 0 Å². The lowest BCUT2D eigenvalue weighted by atomic mass is 9.50. The van der Waals surface area contributed by atoms with Crippen molar-refractivity contribution in [2.75, 3.05) is 0 Å². The minimum absolute atomic E-state index is 0.154. The van der Waals surface area contributed by atoms with Gasteiger partial charge in [0.15, 0.2) is 0 Å². The molecule has 6 heteroatoms. The Bertz CT molecular complexity index is 1110. The van der Waals surface area contributed by atoms with Crippen LogP contribution in [0.5, 0.6) is 0 Å². The molecule has 0 radical (unpaired) electrons. The molecule has 0 heterocycles. The van der Waals surface area contributed by atoms with Gasteiger partial charge in [0.1, 0.15) is 0 Å². The van der Waals surface area contributed by atoms with Crippen molar-refractivity contribution >= 4 is 11.6 Å². The van der Waals surface area contributed by atoms with Crippen molar-refractivity contribution in [1.82, 2.24) is 0 Å². The number of halogens is 6. The van der Waals surface area contributed by atoms with Gasteiger partial charge in [0.25, 0.3) is 0 Å². The van der Waals surface area contributed by atoms with Gasteiger partial charge in [-0.1, -0.05) is 74.6 Å². The highest BCUT2D eigenvalue weighted by Crippen LogP contribution is 2.72. The Labute approximate surface area is 163 Å². The van der Waals surface area contributed by atoms with Crippen LogP contribution in [0.15, 0.2) is 71.4 Å². The predicted molar refractivity (Wildman–Crippen MR) is 98.8 cm³/mol. The molecule has 0 nitrogen and oxygen atoms in total. The molecule has 1 aromatic rings. The highest BCUT2D eigenvalue weighted by molar-refractivity contribution is 5.92. The van der Waals surface area contributed by atoms with Crippen molar-refractivity contribution in [2.24, 2.45) is 10.8 Å². The molecule has 4 aliphatic carbocycles. The molecular weight excluding hydrogens is 390 g/mol. The molecular formula is C23H16F6. The number of alkyl halides is 6. The first-order chi connectivity index (χ1) is 13.4. The number of hydrogen-bond donors (Lipinski definition) is 0.